The van der Waals surface area contributed by atoms with E-state index in [4.69, 9.17) is 0 Å². The van der Waals surface area contributed by atoms with Gasteiger partial charge in [0.15, 0.2) is 0 Å². The normalized spacial score (nSPS) is 19.3. The number of carbonyl (C=O) groups excluding carboxylic acids is 1. The Morgan fingerprint density at radius 2 is 1.44 bits per heavy atom. The Morgan fingerprint density at radius 3 is 2.11 bits per heavy atom. The minimum Gasteiger partial charge on any atom is -0.367 e. The first-order chi connectivity index (χ1) is 13.2. The molecule has 2 aliphatic heterocycles. The fourth-order valence-corrected chi connectivity index (χ4v) is 4.18. The minimum atomic E-state index is -0.243. The highest BCUT2D eigenvalue weighted by Gasteiger charge is 2.34. The third kappa shape index (κ3) is 3.83. The predicted molar refractivity (Wildman–Crippen MR) is 105 cm³/mol. The maximum atomic E-state index is 14.1. The van der Waals surface area contributed by atoms with Crippen molar-refractivity contribution in [1.82, 2.24) is 9.80 Å². The first-order valence-electron chi connectivity index (χ1n) is 9.81. The van der Waals surface area contributed by atoms with Crippen molar-refractivity contribution in [3.8, 4) is 0 Å². The average molecular weight is 367 g/mol. The van der Waals surface area contributed by atoms with E-state index in [9.17, 15) is 9.18 Å². The third-order valence-corrected chi connectivity index (χ3v) is 5.64. The molecular weight excluding hydrogens is 341 g/mol. The molecule has 0 bridgehead atoms. The third-order valence-electron chi connectivity index (χ3n) is 5.64. The first kappa shape index (κ1) is 18.0. The van der Waals surface area contributed by atoms with Gasteiger partial charge in [0.1, 0.15) is 11.9 Å². The second-order valence-corrected chi connectivity index (χ2v) is 7.32. The minimum absolute atomic E-state index is 0.182. The van der Waals surface area contributed by atoms with Crippen LogP contribution in [0.1, 0.15) is 24.4 Å². The van der Waals surface area contributed by atoms with Gasteiger partial charge in [0.2, 0.25) is 5.91 Å². The molecular formula is C22H26FN3O. The summed E-state index contributed by atoms with van der Waals surface area (Å²) < 4.78 is 14.1. The largest absolute Gasteiger partial charge is 0.367 e. The van der Waals surface area contributed by atoms with Crippen LogP contribution in [-0.4, -0.2) is 55.0 Å². The van der Waals surface area contributed by atoms with Crippen LogP contribution in [0.3, 0.4) is 0 Å². The standard InChI is InChI=1S/C22H26FN3O/c23-19-10-4-5-11-20(19)24-14-16-25(17-15-24)21(18-8-2-1-3-9-18)22(27)26-12-6-7-13-26/h1-5,8-11,21H,6-7,12-17H2. The molecule has 4 nitrogen and oxygen atoms in total. The van der Waals surface area contributed by atoms with E-state index in [0.29, 0.717) is 5.69 Å². The van der Waals surface area contributed by atoms with Crippen molar-refractivity contribution in [2.24, 2.45) is 0 Å². The zero-order chi connectivity index (χ0) is 18.6. The SMILES string of the molecule is O=C(C(c1ccccc1)N1CCN(c2ccccc2F)CC1)N1CCCC1. The fraction of sp³-hybridized carbons (Fsp3) is 0.409. The number of rotatable bonds is 4. The number of hydrogen-bond donors (Lipinski definition) is 0. The van der Waals surface area contributed by atoms with Crippen LogP contribution < -0.4 is 4.90 Å². The van der Waals surface area contributed by atoms with E-state index >= 15 is 0 Å². The van der Waals surface area contributed by atoms with Crippen LogP contribution in [0.25, 0.3) is 0 Å². The van der Waals surface area contributed by atoms with Crippen LogP contribution in [0.5, 0.6) is 0 Å². The van der Waals surface area contributed by atoms with Gasteiger partial charge in [-0.25, -0.2) is 4.39 Å². The second kappa shape index (κ2) is 8.09. The van der Waals surface area contributed by atoms with E-state index in [1.54, 1.807) is 6.07 Å². The average Bonchev–Trinajstić information content (AvgIpc) is 3.25. The molecule has 27 heavy (non-hydrogen) atoms. The number of piperazine rings is 1. The molecule has 4 rings (SSSR count). The molecule has 0 spiro atoms. The van der Waals surface area contributed by atoms with E-state index < -0.39 is 0 Å². The van der Waals surface area contributed by atoms with Crippen molar-refractivity contribution in [2.75, 3.05) is 44.2 Å². The lowest BCUT2D eigenvalue weighted by atomic mass is 10.0. The summed E-state index contributed by atoms with van der Waals surface area (Å²) in [6, 6.07) is 16.7. The topological polar surface area (TPSA) is 26.8 Å². The first-order valence-corrected chi connectivity index (χ1v) is 9.81. The van der Waals surface area contributed by atoms with E-state index in [1.165, 1.54) is 6.07 Å². The lowest BCUT2D eigenvalue weighted by molar-refractivity contribution is -0.136. The molecule has 2 aromatic rings. The number of para-hydroxylation sites is 1. The van der Waals surface area contributed by atoms with E-state index in [2.05, 4.69) is 9.80 Å². The molecule has 0 radical (unpaired) electrons. The van der Waals surface area contributed by atoms with Gasteiger partial charge in [-0.15, -0.1) is 0 Å². The number of amides is 1. The van der Waals surface area contributed by atoms with Crippen molar-refractivity contribution < 1.29 is 9.18 Å². The predicted octanol–water partition coefficient (Wildman–Crippen LogP) is 3.31. The van der Waals surface area contributed by atoms with Gasteiger partial charge in [-0.1, -0.05) is 42.5 Å². The van der Waals surface area contributed by atoms with Gasteiger partial charge in [0.05, 0.1) is 5.69 Å². The summed E-state index contributed by atoms with van der Waals surface area (Å²) >= 11 is 0. The van der Waals surface area contributed by atoms with Crippen molar-refractivity contribution in [3.63, 3.8) is 0 Å². The fourth-order valence-electron chi connectivity index (χ4n) is 4.18. The van der Waals surface area contributed by atoms with Gasteiger partial charge in [-0.2, -0.15) is 0 Å². The van der Waals surface area contributed by atoms with Gasteiger partial charge in [-0.3, -0.25) is 9.69 Å². The van der Waals surface area contributed by atoms with E-state index in [-0.39, 0.29) is 17.8 Å². The van der Waals surface area contributed by atoms with Gasteiger partial charge < -0.3 is 9.80 Å². The molecule has 1 unspecified atom stereocenters. The monoisotopic (exact) mass is 367 g/mol. The van der Waals surface area contributed by atoms with Crippen molar-refractivity contribution in [3.05, 3.63) is 66.0 Å². The van der Waals surface area contributed by atoms with Crippen LogP contribution >= 0.6 is 0 Å². The van der Waals surface area contributed by atoms with Crippen molar-refractivity contribution in [2.45, 2.75) is 18.9 Å². The summed E-state index contributed by atoms with van der Waals surface area (Å²) in [5, 5.41) is 0. The van der Waals surface area contributed by atoms with E-state index in [1.807, 2.05) is 47.4 Å². The van der Waals surface area contributed by atoms with Crippen LogP contribution in [0.15, 0.2) is 54.6 Å². The highest BCUT2D eigenvalue weighted by atomic mass is 19.1. The van der Waals surface area contributed by atoms with Crippen LogP contribution in [0.2, 0.25) is 0 Å². The molecule has 0 aliphatic carbocycles. The number of likely N-dealkylation sites (tertiary alicyclic amines) is 1. The Bertz CT molecular complexity index is 768. The highest BCUT2D eigenvalue weighted by Crippen LogP contribution is 2.28. The molecule has 142 valence electrons. The Labute approximate surface area is 160 Å². The number of anilines is 1. The number of nitrogens with zero attached hydrogens (tertiary/aromatic N) is 3. The molecule has 0 N–H and O–H groups in total. The Balaban J connectivity index is 1.52. The summed E-state index contributed by atoms with van der Waals surface area (Å²) in [6.07, 6.45) is 2.18. The Morgan fingerprint density at radius 1 is 0.815 bits per heavy atom. The summed E-state index contributed by atoms with van der Waals surface area (Å²) in [5.74, 6) is 0.0248. The van der Waals surface area contributed by atoms with Gasteiger partial charge in [0, 0.05) is 39.3 Å². The van der Waals surface area contributed by atoms with Crippen LogP contribution in [-0.2, 0) is 4.79 Å². The van der Waals surface area contributed by atoms with Crippen LogP contribution in [0.4, 0.5) is 10.1 Å². The van der Waals surface area contributed by atoms with Crippen molar-refractivity contribution >= 4 is 11.6 Å². The van der Waals surface area contributed by atoms with Crippen LogP contribution in [0, 0.1) is 5.82 Å². The molecule has 2 heterocycles. The van der Waals surface area contributed by atoms with Gasteiger partial charge in [-0.05, 0) is 30.5 Å². The smallest absolute Gasteiger partial charge is 0.244 e. The lowest BCUT2D eigenvalue weighted by Crippen LogP contribution is -2.51. The zero-order valence-electron chi connectivity index (χ0n) is 15.6. The molecule has 2 aromatic carbocycles. The maximum absolute atomic E-state index is 14.1. The maximum Gasteiger partial charge on any atom is 0.244 e. The molecule has 1 amide bonds. The Hall–Kier alpha value is -2.40. The van der Waals surface area contributed by atoms with Crippen molar-refractivity contribution in [1.29, 1.82) is 0 Å². The Kier molecular flexibility index (Phi) is 5.39. The molecule has 5 heteroatoms. The van der Waals surface area contributed by atoms with E-state index in [0.717, 1.165) is 57.7 Å². The number of halogens is 1. The second-order valence-electron chi connectivity index (χ2n) is 7.32. The molecule has 0 saturated carbocycles. The zero-order valence-corrected chi connectivity index (χ0v) is 15.6. The summed E-state index contributed by atoms with van der Waals surface area (Å²) in [5.41, 5.74) is 1.70. The number of benzene rings is 2. The number of carbonyl (C=O) groups is 1. The van der Waals surface area contributed by atoms with Gasteiger partial charge >= 0.3 is 0 Å². The lowest BCUT2D eigenvalue weighted by Gasteiger charge is -2.40. The quantitative estimate of drug-likeness (QED) is 0.830. The molecule has 2 fully saturated rings. The molecule has 0 aromatic heterocycles. The summed E-state index contributed by atoms with van der Waals surface area (Å²) in [7, 11) is 0. The van der Waals surface area contributed by atoms with Gasteiger partial charge in [0.25, 0.3) is 0 Å². The molecule has 2 saturated heterocycles. The number of hydrogen-bond acceptors (Lipinski definition) is 3. The molecule has 1 atom stereocenters. The molecule has 2 aliphatic rings. The summed E-state index contributed by atoms with van der Waals surface area (Å²) in [6.45, 7) is 4.64. The highest BCUT2D eigenvalue weighted by molar-refractivity contribution is 5.83. The summed E-state index contributed by atoms with van der Waals surface area (Å²) in [4.78, 5) is 19.6.